The molecule has 1 unspecified atom stereocenters. The van der Waals surface area contributed by atoms with Crippen LogP contribution in [0.2, 0.25) is 0 Å². The molecule has 5 rings (SSSR count). The summed E-state index contributed by atoms with van der Waals surface area (Å²) in [4.78, 5) is 23.5. The Hall–Kier alpha value is -3.71. The van der Waals surface area contributed by atoms with Gasteiger partial charge in [-0.1, -0.05) is 12.1 Å². The predicted molar refractivity (Wildman–Crippen MR) is 123 cm³/mol. The molecule has 2 aromatic carbocycles. The lowest BCUT2D eigenvalue weighted by Crippen LogP contribution is -2.49. The van der Waals surface area contributed by atoms with Gasteiger partial charge in [-0.2, -0.15) is 0 Å². The van der Waals surface area contributed by atoms with Gasteiger partial charge >= 0.3 is 0 Å². The molecular weight excluding hydrogens is 388 g/mol. The van der Waals surface area contributed by atoms with E-state index in [2.05, 4.69) is 39.6 Å². The minimum atomic E-state index is -0.0734. The van der Waals surface area contributed by atoms with Crippen LogP contribution in [0.5, 0.6) is 0 Å². The molecule has 1 fully saturated rings. The number of nitrogens with one attached hydrogen (secondary N) is 1. The molecule has 4 aromatic rings. The van der Waals surface area contributed by atoms with E-state index in [-0.39, 0.29) is 11.9 Å². The van der Waals surface area contributed by atoms with Crippen LogP contribution in [-0.2, 0) is 11.2 Å². The molecule has 0 spiro atoms. The molecule has 3 heterocycles. The number of hydrogen-bond acceptors (Lipinski definition) is 6. The first-order valence-electron chi connectivity index (χ1n) is 10.4. The second kappa shape index (κ2) is 7.85. The van der Waals surface area contributed by atoms with E-state index < -0.39 is 0 Å². The van der Waals surface area contributed by atoms with Crippen LogP contribution in [0, 0.1) is 0 Å². The number of carbonyl (C=O) groups is 1. The van der Waals surface area contributed by atoms with E-state index in [9.17, 15) is 4.79 Å². The Balaban J connectivity index is 1.55. The molecule has 1 aliphatic heterocycles. The van der Waals surface area contributed by atoms with Crippen molar-refractivity contribution >= 4 is 39.3 Å². The van der Waals surface area contributed by atoms with Gasteiger partial charge in [-0.15, -0.1) is 0 Å². The fraction of sp³-hybridized carbons (Fsp3) is 0.208. The van der Waals surface area contributed by atoms with Crippen molar-refractivity contribution in [1.82, 2.24) is 20.2 Å². The first-order valence-corrected chi connectivity index (χ1v) is 10.4. The van der Waals surface area contributed by atoms with E-state index in [0.717, 1.165) is 39.5 Å². The number of benzene rings is 2. The number of anilines is 2. The Kier molecular flexibility index (Phi) is 4.88. The fourth-order valence-corrected chi connectivity index (χ4v) is 4.27. The van der Waals surface area contributed by atoms with Crippen LogP contribution in [0.3, 0.4) is 0 Å². The van der Waals surface area contributed by atoms with Gasteiger partial charge in [0.15, 0.2) is 0 Å². The van der Waals surface area contributed by atoms with Crippen molar-refractivity contribution in [3.8, 4) is 0 Å². The summed E-state index contributed by atoms with van der Waals surface area (Å²) in [7, 11) is 0. The molecule has 1 amide bonds. The molecule has 1 aliphatic rings. The normalized spacial score (nSPS) is 15.5. The van der Waals surface area contributed by atoms with Crippen LogP contribution >= 0.6 is 0 Å². The van der Waals surface area contributed by atoms with Gasteiger partial charge < -0.3 is 21.7 Å². The molecule has 5 N–H and O–H groups in total. The Morgan fingerprint density at radius 3 is 2.29 bits per heavy atom. The number of nitrogen functional groups attached to an aromatic ring is 2. The number of carbonyl (C=O) groups excluding carboxylic acids is 1. The van der Waals surface area contributed by atoms with Crippen LogP contribution in [0.25, 0.3) is 21.8 Å². The first-order chi connectivity index (χ1) is 15.1. The molecule has 0 saturated carbocycles. The SMILES string of the molecule is Nc1ccc2cc(CC(c3ccc4nc(N)ccc4c3)N3CCNCC3=O)ccc2n1. The zero-order valence-corrected chi connectivity index (χ0v) is 17.1. The fourth-order valence-electron chi connectivity index (χ4n) is 4.27. The van der Waals surface area contributed by atoms with Crippen molar-refractivity contribution < 1.29 is 4.79 Å². The number of aromatic nitrogens is 2. The molecule has 0 bridgehead atoms. The molecule has 2 aromatic heterocycles. The number of pyridine rings is 2. The van der Waals surface area contributed by atoms with E-state index in [0.29, 0.717) is 31.1 Å². The standard InChI is InChI=1S/C24H24N6O/c25-22-7-3-16-11-15(1-5-19(16)28-22)12-21(30-10-9-27-14-24(30)31)18-2-6-20-17(13-18)4-8-23(26)29-20/h1-8,11,13,21,27H,9-10,12,14H2,(H2,25,28)(H2,26,29). The van der Waals surface area contributed by atoms with Crippen molar-refractivity contribution in [2.75, 3.05) is 31.1 Å². The van der Waals surface area contributed by atoms with Crippen molar-refractivity contribution in [2.24, 2.45) is 0 Å². The predicted octanol–water partition coefficient (Wildman–Crippen LogP) is 2.66. The zero-order valence-electron chi connectivity index (χ0n) is 17.1. The minimum absolute atomic E-state index is 0.0734. The Bertz CT molecular complexity index is 1290. The maximum atomic E-state index is 12.8. The molecule has 31 heavy (non-hydrogen) atoms. The quantitative estimate of drug-likeness (QED) is 0.475. The number of piperazine rings is 1. The van der Waals surface area contributed by atoms with Gasteiger partial charge in [-0.05, 0) is 66.1 Å². The summed E-state index contributed by atoms with van der Waals surface area (Å²) in [6, 6.07) is 19.8. The van der Waals surface area contributed by atoms with E-state index in [4.69, 9.17) is 11.5 Å². The summed E-state index contributed by atoms with van der Waals surface area (Å²) in [6.07, 6.45) is 0.708. The number of nitrogens with two attached hydrogens (primary N) is 2. The second-order valence-electron chi connectivity index (χ2n) is 7.94. The second-order valence-corrected chi connectivity index (χ2v) is 7.94. The summed E-state index contributed by atoms with van der Waals surface area (Å²) in [5.74, 6) is 1.12. The Morgan fingerprint density at radius 1 is 0.903 bits per heavy atom. The van der Waals surface area contributed by atoms with Gasteiger partial charge in [0.2, 0.25) is 5.91 Å². The summed E-state index contributed by atoms with van der Waals surface area (Å²) in [6.45, 7) is 1.82. The average Bonchev–Trinajstić information content (AvgIpc) is 2.78. The van der Waals surface area contributed by atoms with Gasteiger partial charge in [0, 0.05) is 23.9 Å². The summed E-state index contributed by atoms with van der Waals surface area (Å²) in [5, 5.41) is 5.21. The van der Waals surface area contributed by atoms with Crippen LogP contribution in [-0.4, -0.2) is 40.4 Å². The average molecular weight is 412 g/mol. The maximum Gasteiger partial charge on any atom is 0.237 e. The monoisotopic (exact) mass is 412 g/mol. The number of nitrogens with zero attached hydrogens (tertiary/aromatic N) is 3. The minimum Gasteiger partial charge on any atom is -0.384 e. The van der Waals surface area contributed by atoms with Crippen molar-refractivity contribution in [2.45, 2.75) is 12.5 Å². The van der Waals surface area contributed by atoms with Crippen LogP contribution in [0.1, 0.15) is 17.2 Å². The third-order valence-electron chi connectivity index (χ3n) is 5.83. The summed E-state index contributed by atoms with van der Waals surface area (Å²) in [5.41, 5.74) is 15.6. The largest absolute Gasteiger partial charge is 0.384 e. The zero-order chi connectivity index (χ0) is 21.4. The van der Waals surface area contributed by atoms with Gasteiger partial charge in [-0.3, -0.25) is 4.79 Å². The van der Waals surface area contributed by atoms with E-state index in [1.54, 1.807) is 6.07 Å². The number of hydrogen-bond donors (Lipinski definition) is 3. The lowest BCUT2D eigenvalue weighted by molar-refractivity contribution is -0.134. The third-order valence-corrected chi connectivity index (χ3v) is 5.83. The number of fused-ring (bicyclic) bond motifs is 2. The van der Waals surface area contributed by atoms with Crippen molar-refractivity contribution in [3.05, 3.63) is 71.8 Å². The Morgan fingerprint density at radius 2 is 1.58 bits per heavy atom. The highest BCUT2D eigenvalue weighted by atomic mass is 16.2. The van der Waals surface area contributed by atoms with Crippen LogP contribution in [0.4, 0.5) is 11.6 Å². The van der Waals surface area contributed by atoms with Gasteiger partial charge in [0.05, 0.1) is 23.6 Å². The molecule has 7 nitrogen and oxygen atoms in total. The van der Waals surface area contributed by atoms with Gasteiger partial charge in [0.1, 0.15) is 11.6 Å². The lowest BCUT2D eigenvalue weighted by atomic mass is 9.94. The maximum absolute atomic E-state index is 12.8. The molecule has 1 atom stereocenters. The number of amides is 1. The van der Waals surface area contributed by atoms with Crippen LogP contribution < -0.4 is 16.8 Å². The smallest absolute Gasteiger partial charge is 0.237 e. The molecule has 7 heteroatoms. The molecule has 156 valence electrons. The molecule has 0 radical (unpaired) electrons. The lowest BCUT2D eigenvalue weighted by Gasteiger charge is -2.35. The van der Waals surface area contributed by atoms with Gasteiger partial charge in [-0.25, -0.2) is 9.97 Å². The molecule has 1 saturated heterocycles. The first kappa shape index (κ1) is 19.3. The molecular formula is C24H24N6O. The topological polar surface area (TPSA) is 110 Å². The van der Waals surface area contributed by atoms with Crippen LogP contribution in [0.15, 0.2) is 60.7 Å². The van der Waals surface area contributed by atoms with E-state index in [1.165, 1.54) is 0 Å². The molecule has 0 aliphatic carbocycles. The summed E-state index contributed by atoms with van der Waals surface area (Å²) >= 11 is 0. The van der Waals surface area contributed by atoms with E-state index >= 15 is 0 Å². The highest BCUT2D eigenvalue weighted by molar-refractivity contribution is 5.83. The summed E-state index contributed by atoms with van der Waals surface area (Å²) < 4.78 is 0. The Labute approximate surface area is 180 Å². The van der Waals surface area contributed by atoms with Crippen molar-refractivity contribution in [3.63, 3.8) is 0 Å². The van der Waals surface area contributed by atoms with Crippen molar-refractivity contribution in [1.29, 1.82) is 0 Å². The van der Waals surface area contributed by atoms with E-state index in [1.807, 2.05) is 35.2 Å². The van der Waals surface area contributed by atoms with Gasteiger partial charge in [0.25, 0.3) is 0 Å². The highest BCUT2D eigenvalue weighted by Gasteiger charge is 2.27. The third kappa shape index (κ3) is 3.87. The number of rotatable bonds is 4. The highest BCUT2D eigenvalue weighted by Crippen LogP contribution is 2.30.